The molecule has 3 heteroatoms. The van der Waals surface area contributed by atoms with Crippen LogP contribution in [0.2, 0.25) is 0 Å². The number of anilines is 9. The van der Waals surface area contributed by atoms with E-state index in [4.69, 9.17) is 0 Å². The lowest BCUT2D eigenvalue weighted by molar-refractivity contribution is 0.401. The van der Waals surface area contributed by atoms with Crippen LogP contribution in [0.4, 0.5) is 51.2 Å². The van der Waals surface area contributed by atoms with Crippen LogP contribution < -0.4 is 14.7 Å². The molecular formula is C86H87N3. The van der Waals surface area contributed by atoms with Gasteiger partial charge in [-0.25, -0.2) is 0 Å². The maximum Gasteiger partial charge on any atom is 0.0467 e. The minimum atomic E-state index is 0.00123. The highest BCUT2D eigenvalue weighted by atomic mass is 15.2. The van der Waals surface area contributed by atoms with Crippen LogP contribution in [0, 0.1) is 13.8 Å². The Bertz CT molecular complexity index is 4060. The van der Waals surface area contributed by atoms with Gasteiger partial charge in [0.25, 0.3) is 0 Å². The van der Waals surface area contributed by atoms with E-state index >= 15 is 0 Å². The fourth-order valence-electron chi connectivity index (χ4n) is 14.1. The first kappa shape index (κ1) is 60.1. The van der Waals surface area contributed by atoms with Crippen molar-refractivity contribution in [2.75, 3.05) is 14.7 Å². The first-order valence-corrected chi connectivity index (χ1v) is 33.3. The highest BCUT2D eigenvalue weighted by molar-refractivity contribution is 5.89. The lowest BCUT2D eigenvalue weighted by atomic mass is 9.70. The minimum Gasteiger partial charge on any atom is -0.310 e. The average Bonchev–Trinajstić information content (AvgIpc) is 2.01. The highest BCUT2D eigenvalue weighted by Gasteiger charge is 2.42. The van der Waals surface area contributed by atoms with Crippen molar-refractivity contribution in [2.24, 2.45) is 0 Å². The molecule has 12 rings (SSSR count). The van der Waals surface area contributed by atoms with Crippen molar-refractivity contribution in [3.63, 3.8) is 0 Å². The molecule has 0 amide bonds. The molecule has 1 aliphatic carbocycles. The Morgan fingerprint density at radius 2 is 0.618 bits per heavy atom. The van der Waals surface area contributed by atoms with E-state index in [0.717, 1.165) is 46.2 Å². The Balaban J connectivity index is 0.876. The summed E-state index contributed by atoms with van der Waals surface area (Å²) < 4.78 is 0. The van der Waals surface area contributed by atoms with Gasteiger partial charge in [-0.15, -0.1) is 0 Å². The van der Waals surface area contributed by atoms with Gasteiger partial charge < -0.3 is 14.7 Å². The third kappa shape index (κ3) is 13.2. The maximum atomic E-state index is 2.58. The van der Waals surface area contributed by atoms with Crippen molar-refractivity contribution in [1.82, 2.24) is 0 Å². The van der Waals surface area contributed by atoms with Gasteiger partial charge in [-0.3, -0.25) is 0 Å². The van der Waals surface area contributed by atoms with E-state index in [2.05, 4.69) is 316 Å². The fraction of sp³-hybridized carbons (Fsp3) is 0.233. The zero-order valence-corrected chi connectivity index (χ0v) is 53.1. The highest BCUT2D eigenvalue weighted by Crippen LogP contribution is 2.56. The molecule has 446 valence electrons. The lowest BCUT2D eigenvalue weighted by Gasteiger charge is -2.34. The molecule has 0 unspecified atom stereocenters. The Hall–Kier alpha value is -9.18. The molecule has 0 saturated heterocycles. The van der Waals surface area contributed by atoms with E-state index in [-0.39, 0.29) is 5.41 Å². The number of hydrogen-bond acceptors (Lipinski definition) is 3. The summed E-state index contributed by atoms with van der Waals surface area (Å²) in [6.07, 6.45) is 17.3. The Morgan fingerprint density at radius 3 is 1.10 bits per heavy atom. The minimum absolute atomic E-state index is 0.00123. The van der Waals surface area contributed by atoms with Crippen molar-refractivity contribution in [1.29, 1.82) is 0 Å². The van der Waals surface area contributed by atoms with Crippen LogP contribution >= 0.6 is 0 Å². The largest absolute Gasteiger partial charge is 0.310 e. The number of para-hydroxylation sites is 3. The van der Waals surface area contributed by atoms with Gasteiger partial charge in [-0.05, 0) is 227 Å². The Morgan fingerprint density at radius 1 is 0.258 bits per heavy atom. The molecule has 0 aromatic heterocycles. The van der Waals surface area contributed by atoms with Crippen LogP contribution in [0.25, 0.3) is 44.5 Å². The summed E-state index contributed by atoms with van der Waals surface area (Å²) in [5.74, 6) is 0. The van der Waals surface area contributed by atoms with Crippen molar-refractivity contribution in [3.05, 3.63) is 295 Å². The quantitative estimate of drug-likeness (QED) is 0.0500. The van der Waals surface area contributed by atoms with Crippen molar-refractivity contribution >= 4 is 51.2 Å². The molecule has 89 heavy (non-hydrogen) atoms. The van der Waals surface area contributed by atoms with E-state index in [9.17, 15) is 0 Å². The molecule has 0 spiro atoms. The number of rotatable bonds is 26. The molecule has 11 aromatic rings. The van der Waals surface area contributed by atoms with Crippen molar-refractivity contribution in [3.8, 4) is 44.5 Å². The molecule has 0 fully saturated rings. The van der Waals surface area contributed by atoms with Gasteiger partial charge in [0, 0.05) is 56.6 Å². The number of benzene rings is 11. The van der Waals surface area contributed by atoms with Gasteiger partial charge in [-0.2, -0.15) is 0 Å². The Labute approximate surface area is 532 Å². The maximum absolute atomic E-state index is 2.58. The van der Waals surface area contributed by atoms with Gasteiger partial charge in [0.15, 0.2) is 0 Å². The van der Waals surface area contributed by atoms with Crippen LogP contribution in [0.3, 0.4) is 0 Å². The fourth-order valence-corrected chi connectivity index (χ4v) is 14.1. The molecule has 1 aliphatic rings. The predicted molar refractivity (Wildman–Crippen MR) is 383 cm³/mol. The molecule has 3 nitrogen and oxygen atoms in total. The summed E-state index contributed by atoms with van der Waals surface area (Å²) in [7, 11) is 0. The topological polar surface area (TPSA) is 9.72 Å². The lowest BCUT2D eigenvalue weighted by Crippen LogP contribution is -2.26. The zero-order valence-electron chi connectivity index (χ0n) is 53.1. The van der Waals surface area contributed by atoms with Crippen LogP contribution in [0.5, 0.6) is 0 Å². The standard InChI is InChI=1S/C86H87N3/c1-6-9-12-26-56-86(57-27-13-10-7-2)84-45-25-24-44-82(84)83-55-52-79(63-85(83)86)88(73-40-22-16-23-41-73)77-50-53-80(64(4)58-77)81-54-51-78(59-65(81)5)89(74-48-46-66(47-49-74)31-17-11-8-3)76-43-30-35-70(62-76)68-33-28-32-67(60-68)69-34-29-42-75(61-69)87(71-36-18-14-19-37-71)72-38-20-15-21-39-72/h14-16,18-25,28-30,32-55,58-63H,6-13,17,26-27,31,56-57H2,1-5H3. The van der Waals surface area contributed by atoms with E-state index in [0.29, 0.717) is 0 Å². The summed E-state index contributed by atoms with van der Waals surface area (Å²) >= 11 is 0. The van der Waals surface area contributed by atoms with Gasteiger partial charge in [-0.1, -0.05) is 237 Å². The molecule has 11 aromatic carbocycles. The molecule has 0 atom stereocenters. The van der Waals surface area contributed by atoms with Gasteiger partial charge in [0.1, 0.15) is 0 Å². The van der Waals surface area contributed by atoms with E-state index < -0.39 is 0 Å². The number of unbranched alkanes of at least 4 members (excludes halogenated alkanes) is 8. The van der Waals surface area contributed by atoms with Gasteiger partial charge in [0.05, 0.1) is 0 Å². The zero-order chi connectivity index (χ0) is 60.9. The number of nitrogens with zero attached hydrogens (tertiary/aromatic N) is 3. The summed E-state index contributed by atoms with van der Waals surface area (Å²) in [4.78, 5) is 7.27. The molecule has 0 bridgehead atoms. The second kappa shape index (κ2) is 28.3. The van der Waals surface area contributed by atoms with E-state index in [1.807, 2.05) is 0 Å². The predicted octanol–water partition coefficient (Wildman–Crippen LogP) is 25.7. The van der Waals surface area contributed by atoms with Gasteiger partial charge >= 0.3 is 0 Å². The smallest absolute Gasteiger partial charge is 0.0467 e. The van der Waals surface area contributed by atoms with Crippen molar-refractivity contribution < 1.29 is 0 Å². The molecular weight excluding hydrogens is 1070 g/mol. The summed E-state index contributed by atoms with van der Waals surface area (Å²) in [5.41, 5.74) is 27.2. The second-order valence-corrected chi connectivity index (χ2v) is 24.8. The first-order valence-electron chi connectivity index (χ1n) is 33.3. The second-order valence-electron chi connectivity index (χ2n) is 24.8. The molecule has 0 radical (unpaired) electrons. The normalized spacial score (nSPS) is 12.1. The Kier molecular flexibility index (Phi) is 19.1. The molecule has 0 heterocycles. The first-order chi connectivity index (χ1) is 43.8. The third-order valence-electron chi connectivity index (χ3n) is 18.7. The third-order valence-corrected chi connectivity index (χ3v) is 18.7. The van der Waals surface area contributed by atoms with Crippen LogP contribution in [-0.4, -0.2) is 0 Å². The summed E-state index contributed by atoms with van der Waals surface area (Å²) in [5, 5.41) is 0. The molecule has 0 saturated carbocycles. The number of fused-ring (bicyclic) bond motifs is 3. The van der Waals surface area contributed by atoms with E-state index in [1.165, 1.54) is 167 Å². The van der Waals surface area contributed by atoms with Crippen LogP contribution in [0.15, 0.2) is 267 Å². The number of hydrogen-bond donors (Lipinski definition) is 0. The summed E-state index contributed by atoms with van der Waals surface area (Å²) in [6.45, 7) is 11.5. The SMILES string of the molecule is CCCCCCC1(CCCCCC)c2ccccc2-c2ccc(N(c3ccccc3)c3ccc(-c4ccc(N(c5ccc(CCCCC)cc5)c5cccc(-c6cccc(-c7cccc(N(c8ccccc8)c8ccccc8)c7)c6)c5)cc4C)c(C)c3)cc21. The van der Waals surface area contributed by atoms with Crippen LogP contribution in [0.1, 0.15) is 132 Å². The van der Waals surface area contributed by atoms with Gasteiger partial charge in [0.2, 0.25) is 0 Å². The van der Waals surface area contributed by atoms with Crippen molar-refractivity contribution in [2.45, 2.75) is 130 Å². The monoisotopic (exact) mass is 1160 g/mol. The average molecular weight is 1160 g/mol. The number of aryl methyl sites for hydroxylation is 3. The molecule has 0 aliphatic heterocycles. The van der Waals surface area contributed by atoms with Crippen LogP contribution in [-0.2, 0) is 11.8 Å². The summed E-state index contributed by atoms with van der Waals surface area (Å²) in [6, 6.07) is 99.6. The molecule has 0 N–H and O–H groups in total. The van der Waals surface area contributed by atoms with E-state index in [1.54, 1.807) is 0 Å².